The summed E-state index contributed by atoms with van der Waals surface area (Å²) >= 11 is 6.27. The summed E-state index contributed by atoms with van der Waals surface area (Å²) in [5.74, 6) is -0.0666. The van der Waals surface area contributed by atoms with Crippen LogP contribution in [-0.4, -0.2) is 57.9 Å². The van der Waals surface area contributed by atoms with Gasteiger partial charge in [-0.15, -0.1) is 0 Å². The second kappa shape index (κ2) is 9.22. The van der Waals surface area contributed by atoms with E-state index in [9.17, 15) is 20.4 Å². The van der Waals surface area contributed by atoms with E-state index in [0.717, 1.165) is 6.07 Å². The number of aliphatic hydroxyl groups is 4. The molecule has 0 aromatic heterocycles. The molecule has 0 unspecified atom stereocenters. The van der Waals surface area contributed by atoms with Gasteiger partial charge in [0, 0.05) is 9.13 Å². The average Bonchev–Trinajstić information content (AvgIpc) is 2.79. The number of hydrogen-bond acceptors (Lipinski definition) is 6. The lowest BCUT2D eigenvalue weighted by Crippen LogP contribution is -2.55. The minimum Gasteiger partial charge on any atom is -0.494 e. The first-order valence-electron chi connectivity index (χ1n) is 13.1. The van der Waals surface area contributed by atoms with Crippen molar-refractivity contribution in [1.29, 1.82) is 0 Å². The lowest BCUT2D eigenvalue weighted by Gasteiger charge is -2.40. The quantitative estimate of drug-likeness (QED) is 0.571. The van der Waals surface area contributed by atoms with Crippen LogP contribution in [0.15, 0.2) is 42.5 Å². The Hall–Kier alpha value is -1.67. The van der Waals surface area contributed by atoms with Gasteiger partial charge >= 0.3 is 0 Å². The normalized spacial score (nSPS) is 46.9. The molecule has 152 valence electrons. The van der Waals surface area contributed by atoms with Crippen molar-refractivity contribution in [2.45, 2.75) is 43.7 Å². The largest absolute Gasteiger partial charge is 0.494 e. The SMILES string of the molecule is [2H]C([2H])([2H])C([2H])([2H])Oc1ccc(Cc2cc([C@]3([2H])O[C@]([2H])(CO)[C@@]([2H])(O)[C@]([2H])(O)[C@@]3([2H])O)ccc2Cl)cc1. The highest BCUT2D eigenvalue weighted by Crippen LogP contribution is 2.34. The van der Waals surface area contributed by atoms with Crippen LogP contribution in [0.25, 0.3) is 0 Å². The predicted octanol–water partition coefficient (Wildman–Crippen LogP) is 1.84. The maximum Gasteiger partial charge on any atom is 0.119 e. The Kier molecular flexibility index (Phi) is 3.79. The first-order chi connectivity index (χ1) is 17.1. The summed E-state index contributed by atoms with van der Waals surface area (Å²) in [5.41, 5.74) is 0.409. The molecule has 6 nitrogen and oxygen atoms in total. The molecule has 3 rings (SSSR count). The fourth-order valence-electron chi connectivity index (χ4n) is 2.68. The van der Waals surface area contributed by atoms with Gasteiger partial charge < -0.3 is 29.9 Å². The molecular formula is C21H25ClO6. The molecule has 0 spiro atoms. The molecule has 2 aromatic carbocycles. The van der Waals surface area contributed by atoms with E-state index in [4.69, 9.17) is 34.8 Å². The number of halogens is 1. The Labute approximate surface area is 183 Å². The average molecular weight is 419 g/mol. The van der Waals surface area contributed by atoms with Crippen LogP contribution in [-0.2, 0) is 11.2 Å². The zero-order chi connectivity index (χ0) is 29.2. The Bertz CT molecular complexity index is 1190. The van der Waals surface area contributed by atoms with Gasteiger partial charge in [-0.3, -0.25) is 0 Å². The number of rotatable bonds is 6. The van der Waals surface area contributed by atoms with E-state index in [-0.39, 0.29) is 22.8 Å². The third kappa shape index (κ3) is 4.49. The standard InChI is InChI=1S/C21H25ClO6/c1-2-27-15-6-3-12(4-7-15)9-14-10-13(5-8-16(14)22)21-20(26)19(25)18(24)17(11-23)28-21/h3-8,10,17-21,23-26H,2,9,11H2,1H3/t17-,18-,19+,20-,21+/m1/s1/i1D3,2D2,17D,18D,19D,20D,21D. The van der Waals surface area contributed by atoms with Crippen LogP contribution in [0, 0.1) is 0 Å². The van der Waals surface area contributed by atoms with E-state index >= 15 is 0 Å². The van der Waals surface area contributed by atoms with Gasteiger partial charge in [0.1, 0.15) is 36.1 Å². The van der Waals surface area contributed by atoms with E-state index in [2.05, 4.69) is 0 Å². The maximum atomic E-state index is 10.7. The van der Waals surface area contributed by atoms with Gasteiger partial charge in [-0.2, -0.15) is 0 Å². The Morgan fingerprint density at radius 1 is 1.14 bits per heavy atom. The monoisotopic (exact) mass is 418 g/mol. The fourth-order valence-corrected chi connectivity index (χ4v) is 2.86. The van der Waals surface area contributed by atoms with Crippen molar-refractivity contribution in [1.82, 2.24) is 0 Å². The number of benzene rings is 2. The smallest absolute Gasteiger partial charge is 0.119 e. The molecule has 5 atom stereocenters. The molecule has 7 heteroatoms. The highest BCUT2D eigenvalue weighted by atomic mass is 35.5. The minimum absolute atomic E-state index is 0.0329. The van der Waals surface area contributed by atoms with Crippen molar-refractivity contribution in [3.63, 3.8) is 0 Å². The summed E-state index contributed by atoms with van der Waals surface area (Å²) in [7, 11) is 0. The first-order valence-corrected chi connectivity index (χ1v) is 8.49. The topological polar surface area (TPSA) is 99.4 Å². The second-order valence-corrected chi connectivity index (χ2v) is 6.30. The first kappa shape index (κ1) is 11.5. The molecule has 0 aliphatic carbocycles. The summed E-state index contributed by atoms with van der Waals surface area (Å²) in [4.78, 5) is 0. The fraction of sp³-hybridized carbons (Fsp3) is 0.429. The zero-order valence-corrected chi connectivity index (χ0v) is 15.2. The van der Waals surface area contributed by atoms with Gasteiger partial charge in [0.2, 0.25) is 0 Å². The Morgan fingerprint density at radius 2 is 1.89 bits per heavy atom. The summed E-state index contributed by atoms with van der Waals surface area (Å²) in [6, 6.07) is 9.13. The molecule has 2 aromatic rings. The maximum absolute atomic E-state index is 10.7. The van der Waals surface area contributed by atoms with Gasteiger partial charge in [-0.1, -0.05) is 35.9 Å². The van der Waals surface area contributed by atoms with Crippen LogP contribution in [0.3, 0.4) is 0 Å². The van der Waals surface area contributed by atoms with Gasteiger partial charge in [-0.25, -0.2) is 0 Å². The molecule has 1 heterocycles. The van der Waals surface area contributed by atoms with Crippen molar-refractivity contribution in [2.24, 2.45) is 0 Å². The van der Waals surface area contributed by atoms with Gasteiger partial charge in [0.25, 0.3) is 0 Å². The van der Waals surface area contributed by atoms with Crippen molar-refractivity contribution >= 4 is 11.6 Å². The third-order valence-electron chi connectivity index (χ3n) is 4.09. The number of hydrogen-bond donors (Lipinski definition) is 4. The zero-order valence-electron chi connectivity index (χ0n) is 24.4. The lowest BCUT2D eigenvalue weighted by molar-refractivity contribution is -0.231. The molecule has 28 heavy (non-hydrogen) atoms. The molecule has 1 saturated heterocycles. The van der Waals surface area contributed by atoms with E-state index in [0.29, 0.717) is 5.56 Å². The van der Waals surface area contributed by atoms with Crippen molar-refractivity contribution in [3.8, 4) is 5.75 Å². The number of ether oxygens (including phenoxy) is 2. The van der Waals surface area contributed by atoms with Gasteiger partial charge in [-0.05, 0) is 48.2 Å². The summed E-state index contributed by atoms with van der Waals surface area (Å²) < 4.78 is 87.4. The summed E-state index contributed by atoms with van der Waals surface area (Å²) in [5, 5.41) is 41.2. The van der Waals surface area contributed by atoms with Crippen LogP contribution in [0.5, 0.6) is 5.75 Å². The number of aliphatic hydroxyl groups excluding tert-OH is 1. The van der Waals surface area contributed by atoms with Crippen LogP contribution in [0.4, 0.5) is 0 Å². The molecule has 0 bridgehead atoms. The molecule has 0 amide bonds. The van der Waals surface area contributed by atoms with E-state index in [1.807, 2.05) is 0 Å². The van der Waals surface area contributed by atoms with Crippen LogP contribution < -0.4 is 4.74 Å². The van der Waals surface area contributed by atoms with Crippen molar-refractivity contribution in [2.75, 3.05) is 13.2 Å². The van der Waals surface area contributed by atoms with Gasteiger partial charge in [0.15, 0.2) is 0 Å². The molecule has 1 aliphatic rings. The van der Waals surface area contributed by atoms with E-state index < -0.39 is 56.0 Å². The molecule has 4 N–H and O–H groups in total. The van der Waals surface area contributed by atoms with E-state index in [1.54, 1.807) is 0 Å². The van der Waals surface area contributed by atoms with Crippen LogP contribution in [0.1, 0.15) is 43.3 Å². The summed E-state index contributed by atoms with van der Waals surface area (Å²) in [6.07, 6.45) is -17.7. The third-order valence-corrected chi connectivity index (χ3v) is 4.46. The Balaban J connectivity index is 1.97. The van der Waals surface area contributed by atoms with Crippen molar-refractivity contribution in [3.05, 3.63) is 64.2 Å². The van der Waals surface area contributed by atoms with Crippen molar-refractivity contribution < 1.29 is 43.6 Å². The molecular weight excluding hydrogens is 384 g/mol. The van der Waals surface area contributed by atoms with E-state index in [1.165, 1.54) is 36.4 Å². The molecule has 0 saturated carbocycles. The lowest BCUT2D eigenvalue weighted by atomic mass is 9.90. The second-order valence-electron chi connectivity index (χ2n) is 5.89. The van der Waals surface area contributed by atoms with Gasteiger partial charge in [0.05, 0.1) is 22.8 Å². The van der Waals surface area contributed by atoms with Crippen LogP contribution >= 0.6 is 11.6 Å². The molecule has 1 fully saturated rings. The Morgan fingerprint density at radius 3 is 2.57 bits per heavy atom. The summed E-state index contributed by atoms with van der Waals surface area (Å²) in [6.45, 7) is -7.44. The molecule has 0 radical (unpaired) electrons. The predicted molar refractivity (Wildman–Crippen MR) is 105 cm³/mol. The highest BCUT2D eigenvalue weighted by Gasteiger charge is 2.43. The minimum atomic E-state index is -3.90. The highest BCUT2D eigenvalue weighted by molar-refractivity contribution is 6.31. The molecule has 1 aliphatic heterocycles. The van der Waals surface area contributed by atoms with Crippen LogP contribution in [0.2, 0.25) is 5.02 Å².